The van der Waals surface area contributed by atoms with Gasteiger partial charge in [-0.15, -0.1) is 0 Å². The van der Waals surface area contributed by atoms with Gasteiger partial charge in [-0.25, -0.2) is 4.79 Å². The smallest absolute Gasteiger partial charge is 0.337 e. The van der Waals surface area contributed by atoms with E-state index in [1.807, 2.05) is 0 Å². The van der Waals surface area contributed by atoms with Gasteiger partial charge >= 0.3 is 5.97 Å². The van der Waals surface area contributed by atoms with Crippen molar-refractivity contribution in [1.29, 1.82) is 0 Å². The van der Waals surface area contributed by atoms with Crippen molar-refractivity contribution in [3.63, 3.8) is 0 Å². The summed E-state index contributed by atoms with van der Waals surface area (Å²) < 4.78 is 10.1. The van der Waals surface area contributed by atoms with Gasteiger partial charge in [0.25, 0.3) is 11.8 Å². The van der Waals surface area contributed by atoms with E-state index in [2.05, 4.69) is 15.4 Å². The minimum Gasteiger partial charge on any atom is -0.479 e. The standard InChI is InChI=1S/C18H16N2O5/c1-10-16(21)20-14-9-12(5-8-15(14)25-10)17(22)19-13-6-3-11(4-7-13)18(23)24-2/h3-10H,1-2H3,(H,19,22)(H,20,21). The van der Waals surface area contributed by atoms with Crippen LogP contribution in [-0.2, 0) is 9.53 Å². The van der Waals surface area contributed by atoms with Crippen molar-refractivity contribution in [2.24, 2.45) is 0 Å². The molecular formula is C18H16N2O5. The minimum absolute atomic E-state index is 0.261. The Morgan fingerprint density at radius 2 is 1.80 bits per heavy atom. The van der Waals surface area contributed by atoms with Crippen LogP contribution in [0.2, 0.25) is 0 Å². The number of ether oxygens (including phenoxy) is 2. The van der Waals surface area contributed by atoms with Crippen LogP contribution in [-0.4, -0.2) is 31.0 Å². The van der Waals surface area contributed by atoms with Gasteiger partial charge in [-0.3, -0.25) is 9.59 Å². The fourth-order valence-electron chi connectivity index (χ4n) is 2.36. The highest BCUT2D eigenvalue weighted by Crippen LogP contribution is 2.30. The lowest BCUT2D eigenvalue weighted by atomic mass is 10.1. The molecule has 1 atom stereocenters. The third-order valence-corrected chi connectivity index (χ3v) is 3.74. The molecule has 25 heavy (non-hydrogen) atoms. The summed E-state index contributed by atoms with van der Waals surface area (Å²) in [5.74, 6) is -0.534. The zero-order valence-corrected chi connectivity index (χ0v) is 13.7. The summed E-state index contributed by atoms with van der Waals surface area (Å²) in [4.78, 5) is 35.4. The first-order valence-corrected chi connectivity index (χ1v) is 7.59. The van der Waals surface area contributed by atoms with E-state index in [0.29, 0.717) is 28.3 Å². The van der Waals surface area contributed by atoms with Gasteiger partial charge in [0.1, 0.15) is 5.75 Å². The first-order chi connectivity index (χ1) is 12.0. The molecule has 128 valence electrons. The second-order valence-electron chi connectivity index (χ2n) is 5.48. The Hall–Kier alpha value is -3.35. The maximum absolute atomic E-state index is 12.4. The molecule has 3 rings (SSSR count). The van der Waals surface area contributed by atoms with Crippen molar-refractivity contribution in [2.75, 3.05) is 17.7 Å². The SMILES string of the molecule is COC(=O)c1ccc(NC(=O)c2ccc3c(c2)NC(=O)C(C)O3)cc1. The van der Waals surface area contributed by atoms with Gasteiger partial charge in [-0.1, -0.05) is 0 Å². The van der Waals surface area contributed by atoms with Gasteiger partial charge < -0.3 is 20.1 Å². The van der Waals surface area contributed by atoms with Crippen LogP contribution in [0.5, 0.6) is 5.75 Å². The summed E-state index contributed by atoms with van der Waals surface area (Å²) in [7, 11) is 1.30. The van der Waals surface area contributed by atoms with E-state index < -0.39 is 12.1 Å². The van der Waals surface area contributed by atoms with Crippen LogP contribution in [0.15, 0.2) is 42.5 Å². The van der Waals surface area contributed by atoms with E-state index in [1.165, 1.54) is 7.11 Å². The molecule has 0 saturated carbocycles. The number of benzene rings is 2. The van der Waals surface area contributed by atoms with E-state index >= 15 is 0 Å². The number of carbonyl (C=O) groups is 3. The predicted octanol–water partition coefficient (Wildman–Crippen LogP) is 2.44. The van der Waals surface area contributed by atoms with Gasteiger partial charge in [0, 0.05) is 11.3 Å². The molecule has 0 bridgehead atoms. The lowest BCUT2D eigenvalue weighted by Gasteiger charge is -2.23. The lowest BCUT2D eigenvalue weighted by Crippen LogP contribution is -2.34. The molecule has 1 aliphatic rings. The van der Waals surface area contributed by atoms with Crippen LogP contribution in [0.25, 0.3) is 0 Å². The lowest BCUT2D eigenvalue weighted by molar-refractivity contribution is -0.122. The quantitative estimate of drug-likeness (QED) is 0.837. The molecule has 2 N–H and O–H groups in total. The maximum Gasteiger partial charge on any atom is 0.337 e. The van der Waals surface area contributed by atoms with Crippen molar-refractivity contribution in [3.8, 4) is 5.75 Å². The van der Waals surface area contributed by atoms with Crippen LogP contribution >= 0.6 is 0 Å². The second-order valence-corrected chi connectivity index (χ2v) is 5.48. The molecule has 7 nitrogen and oxygen atoms in total. The first kappa shape index (κ1) is 16.5. The second kappa shape index (κ2) is 6.64. The summed E-state index contributed by atoms with van der Waals surface area (Å²) in [5.41, 5.74) is 1.75. The molecule has 1 heterocycles. The number of hydrogen-bond donors (Lipinski definition) is 2. The Labute approximate surface area is 143 Å². The molecular weight excluding hydrogens is 324 g/mol. The summed E-state index contributed by atoms with van der Waals surface area (Å²) in [5, 5.41) is 5.42. The average Bonchev–Trinajstić information content (AvgIpc) is 2.62. The van der Waals surface area contributed by atoms with Crippen LogP contribution in [0.3, 0.4) is 0 Å². The van der Waals surface area contributed by atoms with Crippen molar-refractivity contribution in [3.05, 3.63) is 53.6 Å². The number of amides is 2. The molecule has 2 aromatic rings. The van der Waals surface area contributed by atoms with E-state index in [9.17, 15) is 14.4 Å². The molecule has 0 fully saturated rings. The van der Waals surface area contributed by atoms with Crippen LogP contribution < -0.4 is 15.4 Å². The van der Waals surface area contributed by atoms with E-state index in [-0.39, 0.29) is 11.8 Å². The normalized spacial score (nSPS) is 15.4. The zero-order valence-electron chi connectivity index (χ0n) is 13.7. The van der Waals surface area contributed by atoms with E-state index in [1.54, 1.807) is 49.4 Å². The number of carbonyl (C=O) groups excluding carboxylic acids is 3. The number of methoxy groups -OCH3 is 1. The Morgan fingerprint density at radius 3 is 2.48 bits per heavy atom. The van der Waals surface area contributed by atoms with Gasteiger partial charge in [0.05, 0.1) is 18.4 Å². The fourth-order valence-corrected chi connectivity index (χ4v) is 2.36. The maximum atomic E-state index is 12.4. The predicted molar refractivity (Wildman–Crippen MR) is 90.9 cm³/mol. The van der Waals surface area contributed by atoms with Crippen molar-refractivity contribution >= 4 is 29.2 Å². The van der Waals surface area contributed by atoms with Crippen LogP contribution in [0, 0.1) is 0 Å². The largest absolute Gasteiger partial charge is 0.479 e. The molecule has 1 unspecified atom stereocenters. The monoisotopic (exact) mass is 340 g/mol. The number of fused-ring (bicyclic) bond motifs is 1. The topological polar surface area (TPSA) is 93.7 Å². The Kier molecular flexibility index (Phi) is 4.38. The third-order valence-electron chi connectivity index (χ3n) is 3.74. The molecule has 0 aromatic heterocycles. The Morgan fingerprint density at radius 1 is 1.12 bits per heavy atom. The number of hydrogen-bond acceptors (Lipinski definition) is 5. The average molecular weight is 340 g/mol. The van der Waals surface area contributed by atoms with Crippen LogP contribution in [0.1, 0.15) is 27.6 Å². The van der Waals surface area contributed by atoms with Crippen molar-refractivity contribution in [2.45, 2.75) is 13.0 Å². The highest BCUT2D eigenvalue weighted by atomic mass is 16.5. The molecule has 1 aliphatic heterocycles. The van der Waals surface area contributed by atoms with E-state index in [4.69, 9.17) is 4.74 Å². The minimum atomic E-state index is -0.569. The van der Waals surface area contributed by atoms with Gasteiger partial charge in [0.2, 0.25) is 0 Å². The fraction of sp³-hybridized carbons (Fsp3) is 0.167. The number of esters is 1. The molecule has 0 spiro atoms. The van der Waals surface area contributed by atoms with Crippen molar-refractivity contribution in [1.82, 2.24) is 0 Å². The Balaban J connectivity index is 1.74. The summed E-state index contributed by atoms with van der Waals surface area (Å²) in [6.07, 6.45) is -0.569. The summed E-state index contributed by atoms with van der Waals surface area (Å²) in [6, 6.07) is 11.1. The molecule has 7 heteroatoms. The van der Waals surface area contributed by atoms with E-state index in [0.717, 1.165) is 0 Å². The molecule has 2 amide bonds. The molecule has 2 aromatic carbocycles. The molecule has 0 saturated heterocycles. The van der Waals surface area contributed by atoms with Crippen molar-refractivity contribution < 1.29 is 23.9 Å². The number of rotatable bonds is 3. The molecule has 0 aliphatic carbocycles. The highest BCUT2D eigenvalue weighted by Gasteiger charge is 2.24. The Bertz CT molecular complexity index is 845. The third kappa shape index (κ3) is 3.45. The first-order valence-electron chi connectivity index (χ1n) is 7.59. The number of anilines is 2. The number of nitrogens with one attached hydrogen (secondary N) is 2. The summed E-state index contributed by atoms with van der Waals surface area (Å²) >= 11 is 0. The van der Waals surface area contributed by atoms with Gasteiger partial charge in [-0.2, -0.15) is 0 Å². The molecule has 0 radical (unpaired) electrons. The van der Waals surface area contributed by atoms with Gasteiger partial charge in [0.15, 0.2) is 6.10 Å². The zero-order chi connectivity index (χ0) is 18.0. The summed E-state index contributed by atoms with van der Waals surface area (Å²) in [6.45, 7) is 1.65. The van der Waals surface area contributed by atoms with Gasteiger partial charge in [-0.05, 0) is 49.4 Å². The van der Waals surface area contributed by atoms with Crippen LogP contribution in [0.4, 0.5) is 11.4 Å². The highest BCUT2D eigenvalue weighted by molar-refractivity contribution is 6.06.